The highest BCUT2D eigenvalue weighted by Gasteiger charge is 2.49. The molecule has 2 aromatic heterocycles. The van der Waals surface area contributed by atoms with E-state index in [4.69, 9.17) is 4.74 Å². The molecule has 3 heterocycles. The van der Waals surface area contributed by atoms with Crippen molar-refractivity contribution >= 4 is 28.9 Å². The molecule has 9 nitrogen and oxygen atoms in total. The van der Waals surface area contributed by atoms with E-state index in [0.717, 1.165) is 35.4 Å². The number of benzene rings is 1. The maximum absolute atomic E-state index is 15.4. The summed E-state index contributed by atoms with van der Waals surface area (Å²) in [6, 6.07) is 3.18. The van der Waals surface area contributed by atoms with Crippen LogP contribution in [0.25, 0.3) is 16.7 Å². The van der Waals surface area contributed by atoms with E-state index in [9.17, 15) is 28.3 Å². The molecule has 12 heteroatoms. The van der Waals surface area contributed by atoms with Crippen molar-refractivity contribution in [2.75, 3.05) is 18.0 Å². The van der Waals surface area contributed by atoms with Crippen molar-refractivity contribution in [2.24, 2.45) is 11.8 Å². The van der Waals surface area contributed by atoms with Crippen molar-refractivity contribution in [1.29, 1.82) is 0 Å². The molecule has 2 N–H and O–H groups in total. The van der Waals surface area contributed by atoms with Crippen LogP contribution in [0.15, 0.2) is 35.3 Å². The molecule has 1 aromatic carbocycles. The Kier molecular flexibility index (Phi) is 6.07. The van der Waals surface area contributed by atoms with Crippen LogP contribution in [0, 0.1) is 29.3 Å². The molecule has 1 amide bonds. The number of hydrogen-bond donors (Lipinski definition) is 2. The molecule has 2 fully saturated rings. The van der Waals surface area contributed by atoms with Crippen LogP contribution >= 0.6 is 0 Å². The average molecular weight is 531 g/mol. The number of piperidine rings is 1. The van der Waals surface area contributed by atoms with E-state index in [-0.39, 0.29) is 47.0 Å². The van der Waals surface area contributed by atoms with Gasteiger partial charge in [-0.1, -0.05) is 0 Å². The van der Waals surface area contributed by atoms with Gasteiger partial charge in [0.1, 0.15) is 22.8 Å². The largest absolute Gasteiger partial charge is 0.477 e. The lowest BCUT2D eigenvalue weighted by atomic mass is 10.1. The number of fused-ring (bicyclic) bond motifs is 2. The number of carboxylic acids is 1. The average Bonchev–Trinajstić information content (AvgIpc) is 3.58. The normalized spacial score (nSPS) is 20.7. The summed E-state index contributed by atoms with van der Waals surface area (Å²) in [5, 5.41) is 12.0. The van der Waals surface area contributed by atoms with E-state index in [2.05, 4.69) is 10.3 Å². The van der Waals surface area contributed by atoms with Gasteiger partial charge in [-0.2, -0.15) is 0 Å². The first-order valence-electron chi connectivity index (χ1n) is 12.0. The van der Waals surface area contributed by atoms with Gasteiger partial charge < -0.3 is 20.1 Å². The maximum atomic E-state index is 15.4. The molecule has 0 radical (unpaired) electrons. The number of nitrogens with zero attached hydrogens (tertiary/aromatic N) is 3. The summed E-state index contributed by atoms with van der Waals surface area (Å²) in [5.41, 5.74) is -2.88. The molecule has 0 bridgehead atoms. The lowest BCUT2D eigenvalue weighted by Gasteiger charge is -2.34. The molecular formula is C26H25F3N4O5. The molecule has 2 aliphatic rings. The molecule has 1 aliphatic heterocycles. The number of amides is 1. The van der Waals surface area contributed by atoms with Gasteiger partial charge in [0.15, 0.2) is 17.3 Å². The van der Waals surface area contributed by atoms with E-state index >= 15 is 4.39 Å². The summed E-state index contributed by atoms with van der Waals surface area (Å²) in [7, 11) is 0. The topological polar surface area (TPSA) is 114 Å². The molecule has 0 unspecified atom stereocenters. The van der Waals surface area contributed by atoms with Crippen LogP contribution in [0.5, 0.6) is 0 Å². The third-order valence-electron chi connectivity index (χ3n) is 6.68. The van der Waals surface area contributed by atoms with Gasteiger partial charge in [-0.15, -0.1) is 0 Å². The van der Waals surface area contributed by atoms with E-state index in [0.29, 0.717) is 12.6 Å². The van der Waals surface area contributed by atoms with Gasteiger partial charge in [-0.25, -0.2) is 27.7 Å². The molecule has 5 rings (SSSR count). The summed E-state index contributed by atoms with van der Waals surface area (Å²) >= 11 is 0. The van der Waals surface area contributed by atoms with Crippen molar-refractivity contribution in [3.8, 4) is 5.69 Å². The Labute approximate surface area is 214 Å². The van der Waals surface area contributed by atoms with Gasteiger partial charge in [0, 0.05) is 25.4 Å². The number of alkyl carbamates (subject to hydrolysis) is 1. The second kappa shape index (κ2) is 9.03. The van der Waals surface area contributed by atoms with Crippen LogP contribution in [-0.4, -0.2) is 51.5 Å². The summed E-state index contributed by atoms with van der Waals surface area (Å²) in [6.45, 7) is 5.88. The lowest BCUT2D eigenvalue weighted by molar-refractivity contribution is 0.0494. The van der Waals surface area contributed by atoms with Crippen molar-refractivity contribution in [3.63, 3.8) is 0 Å². The predicted octanol–water partition coefficient (Wildman–Crippen LogP) is 3.85. The number of pyridine rings is 2. The first-order chi connectivity index (χ1) is 17.8. The van der Waals surface area contributed by atoms with E-state index in [1.807, 2.05) is 0 Å². The van der Waals surface area contributed by atoms with Gasteiger partial charge in [0.2, 0.25) is 5.43 Å². The second-order valence-electron chi connectivity index (χ2n) is 10.6. The summed E-state index contributed by atoms with van der Waals surface area (Å²) < 4.78 is 50.0. The quantitative estimate of drug-likeness (QED) is 0.527. The van der Waals surface area contributed by atoms with Gasteiger partial charge in [-0.05, 0) is 57.2 Å². The third kappa shape index (κ3) is 4.77. The van der Waals surface area contributed by atoms with Crippen LogP contribution < -0.4 is 15.6 Å². The fraction of sp³-hybridized carbons (Fsp3) is 0.385. The highest BCUT2D eigenvalue weighted by atomic mass is 19.1. The highest BCUT2D eigenvalue weighted by Crippen LogP contribution is 2.46. The standard InChI is InChI=1S/C26H25F3N4O5/c1-26(2,3)38-25(37)30-19-11-32(9-12-6-14(12)19)23-18(29)8-15-21(34)16(24(35)36)10-33(22(15)31-23)20-5-4-13(27)7-17(20)28/h4-5,7-8,10,12,14,19H,6,9,11H2,1-3H3,(H,30,37)(H,35,36)/t12-,14-,19+/m0/s1. The molecule has 38 heavy (non-hydrogen) atoms. The van der Waals surface area contributed by atoms with E-state index < -0.39 is 46.1 Å². The fourth-order valence-corrected chi connectivity index (χ4v) is 4.94. The van der Waals surface area contributed by atoms with Gasteiger partial charge in [0.05, 0.1) is 17.1 Å². The number of halogens is 3. The Hall–Kier alpha value is -4.09. The first kappa shape index (κ1) is 25.6. The molecule has 0 spiro atoms. The van der Waals surface area contributed by atoms with Gasteiger partial charge in [-0.3, -0.25) is 9.36 Å². The Morgan fingerprint density at radius 2 is 1.87 bits per heavy atom. The first-order valence-corrected chi connectivity index (χ1v) is 12.0. The maximum Gasteiger partial charge on any atom is 0.407 e. The Morgan fingerprint density at radius 3 is 2.53 bits per heavy atom. The summed E-state index contributed by atoms with van der Waals surface area (Å²) in [4.78, 5) is 42.9. The monoisotopic (exact) mass is 530 g/mol. The summed E-state index contributed by atoms with van der Waals surface area (Å²) in [6.07, 6.45) is 1.11. The van der Waals surface area contributed by atoms with Gasteiger partial charge in [0.25, 0.3) is 0 Å². The predicted molar refractivity (Wildman–Crippen MR) is 131 cm³/mol. The number of anilines is 1. The number of hydrogen-bond acceptors (Lipinski definition) is 6. The number of carbonyl (C=O) groups excluding carboxylic acids is 1. The fourth-order valence-electron chi connectivity index (χ4n) is 4.94. The Bertz CT molecular complexity index is 1530. The SMILES string of the molecule is CC(C)(C)OC(=O)N[C@@H]1CN(c2nc3c(cc2F)c(=O)c(C(=O)O)cn3-c2ccc(F)cc2F)C[C@@H]2C[C@@H]21. The Morgan fingerprint density at radius 1 is 1.13 bits per heavy atom. The smallest absolute Gasteiger partial charge is 0.407 e. The van der Waals surface area contributed by atoms with Crippen LogP contribution in [0.3, 0.4) is 0 Å². The third-order valence-corrected chi connectivity index (χ3v) is 6.68. The zero-order valence-corrected chi connectivity index (χ0v) is 20.8. The van der Waals surface area contributed by atoms with E-state index in [1.165, 1.54) is 0 Å². The molecule has 200 valence electrons. The van der Waals surface area contributed by atoms with Gasteiger partial charge >= 0.3 is 12.1 Å². The minimum Gasteiger partial charge on any atom is -0.477 e. The molecule has 3 aromatic rings. The molecular weight excluding hydrogens is 505 g/mol. The minimum absolute atomic E-state index is 0.141. The van der Waals surface area contributed by atoms with Crippen molar-refractivity contribution in [3.05, 3.63) is 63.7 Å². The second-order valence-corrected chi connectivity index (χ2v) is 10.6. The molecule has 1 saturated carbocycles. The highest BCUT2D eigenvalue weighted by molar-refractivity contribution is 5.92. The molecule has 1 saturated heterocycles. The Balaban J connectivity index is 1.58. The number of aromatic carboxylic acids is 1. The van der Waals surface area contributed by atoms with Crippen LogP contribution in [0.2, 0.25) is 0 Å². The van der Waals surface area contributed by atoms with E-state index in [1.54, 1.807) is 25.7 Å². The van der Waals surface area contributed by atoms with Crippen molar-refractivity contribution in [1.82, 2.24) is 14.9 Å². The minimum atomic E-state index is -1.59. The van der Waals surface area contributed by atoms with Crippen LogP contribution in [0.4, 0.5) is 23.8 Å². The van der Waals surface area contributed by atoms with Crippen LogP contribution in [-0.2, 0) is 4.74 Å². The number of carbonyl (C=O) groups is 2. The number of ether oxygens (including phenoxy) is 1. The summed E-state index contributed by atoms with van der Waals surface area (Å²) in [5.74, 6) is -4.12. The molecule has 1 aliphatic carbocycles. The lowest BCUT2D eigenvalue weighted by Crippen LogP contribution is -2.51. The zero-order chi connectivity index (χ0) is 27.5. The van der Waals surface area contributed by atoms with Crippen molar-refractivity contribution in [2.45, 2.75) is 38.8 Å². The van der Waals surface area contributed by atoms with Crippen molar-refractivity contribution < 1.29 is 32.6 Å². The zero-order valence-electron chi connectivity index (χ0n) is 20.8. The number of aromatic nitrogens is 2. The number of rotatable bonds is 4. The number of nitrogens with one attached hydrogen (secondary N) is 1. The molecule has 3 atom stereocenters. The van der Waals surface area contributed by atoms with Crippen LogP contribution in [0.1, 0.15) is 37.6 Å². The number of carboxylic acid groups (broad SMARTS) is 1.